The molecule has 1 aliphatic rings. The molecule has 13 heteroatoms. The number of benzene rings is 1. The van der Waals surface area contributed by atoms with Crippen LogP contribution in [0.1, 0.15) is 46.7 Å². The Hall–Kier alpha value is -3.64. The highest BCUT2D eigenvalue weighted by molar-refractivity contribution is 6.35. The molecular formula is C32H35Cl2F3N6O2. The lowest BCUT2D eigenvalue weighted by Gasteiger charge is -2.30. The van der Waals surface area contributed by atoms with E-state index in [-0.39, 0.29) is 30.6 Å². The first kappa shape index (κ1) is 34.2. The highest BCUT2D eigenvalue weighted by Gasteiger charge is 2.37. The van der Waals surface area contributed by atoms with Gasteiger partial charge < -0.3 is 25.4 Å². The monoisotopic (exact) mass is 662 g/mol. The van der Waals surface area contributed by atoms with Gasteiger partial charge in [-0.05, 0) is 62.7 Å². The van der Waals surface area contributed by atoms with Crippen molar-refractivity contribution in [2.45, 2.75) is 44.6 Å². The summed E-state index contributed by atoms with van der Waals surface area (Å²) in [5, 5.41) is 9.50. The van der Waals surface area contributed by atoms with Crippen LogP contribution in [0.4, 0.5) is 19.0 Å². The molecule has 0 spiro atoms. The fraction of sp³-hybridized carbons (Fsp3) is 0.344. The van der Waals surface area contributed by atoms with E-state index in [2.05, 4.69) is 30.9 Å². The van der Waals surface area contributed by atoms with Gasteiger partial charge >= 0.3 is 6.18 Å². The lowest BCUT2D eigenvalue weighted by atomic mass is 9.83. The molecule has 3 N–H and O–H groups in total. The molecule has 3 heterocycles. The largest absolute Gasteiger partial charge is 0.481 e. The van der Waals surface area contributed by atoms with Gasteiger partial charge in [0, 0.05) is 41.5 Å². The fourth-order valence-corrected chi connectivity index (χ4v) is 6.00. The molecule has 1 aliphatic carbocycles. The summed E-state index contributed by atoms with van der Waals surface area (Å²) in [4.78, 5) is 13.6. The first-order valence-electron chi connectivity index (χ1n) is 14.2. The summed E-state index contributed by atoms with van der Waals surface area (Å²) < 4.78 is 53.4. The highest BCUT2D eigenvalue weighted by Crippen LogP contribution is 2.43. The summed E-state index contributed by atoms with van der Waals surface area (Å²) in [7, 11) is 6.48. The van der Waals surface area contributed by atoms with Crippen molar-refractivity contribution >= 4 is 29.8 Å². The number of aromatic nitrogens is 3. The number of methoxy groups -OCH3 is 2. The quantitative estimate of drug-likeness (QED) is 0.164. The van der Waals surface area contributed by atoms with Gasteiger partial charge in [-0.3, -0.25) is 4.98 Å². The molecule has 1 atom stereocenters. The number of hydrogen-bond acceptors (Lipinski definition) is 8. The van der Waals surface area contributed by atoms with Gasteiger partial charge in [0.05, 0.1) is 42.2 Å². The third-order valence-electron chi connectivity index (χ3n) is 7.67. The molecule has 45 heavy (non-hydrogen) atoms. The number of nitrogens with one attached hydrogen (secondary N) is 3. The second kappa shape index (κ2) is 14.6. The lowest BCUT2D eigenvalue weighted by Crippen LogP contribution is -2.22. The normalized spacial score (nSPS) is 14.4. The molecule has 0 radical (unpaired) electrons. The summed E-state index contributed by atoms with van der Waals surface area (Å²) in [5.41, 5.74) is 4.99. The van der Waals surface area contributed by atoms with Gasteiger partial charge in [0.2, 0.25) is 11.8 Å². The Morgan fingerprint density at radius 3 is 2.33 bits per heavy atom. The van der Waals surface area contributed by atoms with Crippen LogP contribution in [-0.4, -0.2) is 43.3 Å². The van der Waals surface area contributed by atoms with Gasteiger partial charge in [0.15, 0.2) is 0 Å². The number of hydrogen-bond donors (Lipinski definition) is 3. The standard InChI is InChI=1S/C32H34ClF3N6O2.ClH/c1-37-16-18-11-12-26(41-30(18)43-3)23-13-14-39-28(27(23)33)22-9-5-8-21-20(22)7-6-10-25(21)40-29-24(32(34,35)36)15-19(17-38-2)31(42-29)44-4;/h5,8-9,11-15,25,37-38H,6-7,10,16-17H2,1-4H3,(H,40,42);1H. The summed E-state index contributed by atoms with van der Waals surface area (Å²) in [6.45, 7) is 0.786. The zero-order valence-corrected chi connectivity index (χ0v) is 26.9. The number of nitrogens with zero attached hydrogens (tertiary/aromatic N) is 3. The lowest BCUT2D eigenvalue weighted by molar-refractivity contribution is -0.137. The number of pyridine rings is 3. The number of alkyl halides is 3. The van der Waals surface area contributed by atoms with Crippen molar-refractivity contribution in [2.24, 2.45) is 0 Å². The van der Waals surface area contributed by atoms with Crippen LogP contribution in [0, 0.1) is 0 Å². The van der Waals surface area contributed by atoms with E-state index in [1.165, 1.54) is 7.11 Å². The molecule has 0 saturated heterocycles. The average Bonchev–Trinajstić information content (AvgIpc) is 3.01. The summed E-state index contributed by atoms with van der Waals surface area (Å²) in [6, 6.07) is 12.1. The Kier molecular flexibility index (Phi) is 11.1. The van der Waals surface area contributed by atoms with E-state index in [1.807, 2.05) is 37.4 Å². The van der Waals surface area contributed by atoms with Gasteiger partial charge in [-0.15, -0.1) is 12.4 Å². The predicted molar refractivity (Wildman–Crippen MR) is 172 cm³/mol. The van der Waals surface area contributed by atoms with E-state index in [9.17, 15) is 13.2 Å². The first-order chi connectivity index (χ1) is 21.2. The zero-order chi connectivity index (χ0) is 31.4. The van der Waals surface area contributed by atoms with Gasteiger partial charge in [0.25, 0.3) is 0 Å². The van der Waals surface area contributed by atoms with Gasteiger partial charge in [0.1, 0.15) is 5.82 Å². The molecule has 240 valence electrons. The van der Waals surface area contributed by atoms with E-state index in [0.29, 0.717) is 46.4 Å². The van der Waals surface area contributed by atoms with Crippen LogP contribution in [0.25, 0.3) is 22.5 Å². The van der Waals surface area contributed by atoms with Crippen molar-refractivity contribution in [3.05, 3.63) is 81.5 Å². The molecular weight excluding hydrogens is 628 g/mol. The Balaban J connectivity index is 0.00000461. The van der Waals surface area contributed by atoms with Crippen molar-refractivity contribution < 1.29 is 22.6 Å². The van der Waals surface area contributed by atoms with Crippen molar-refractivity contribution in [3.63, 3.8) is 0 Å². The number of anilines is 1. The van der Waals surface area contributed by atoms with Crippen molar-refractivity contribution in [1.29, 1.82) is 0 Å². The van der Waals surface area contributed by atoms with E-state index in [0.717, 1.165) is 41.2 Å². The number of halogens is 5. The van der Waals surface area contributed by atoms with Crippen LogP contribution >= 0.6 is 24.0 Å². The minimum atomic E-state index is -4.61. The second-order valence-corrected chi connectivity index (χ2v) is 10.8. The topological polar surface area (TPSA) is 93.2 Å². The molecule has 4 aromatic rings. The van der Waals surface area contributed by atoms with Gasteiger partial charge in [-0.1, -0.05) is 35.9 Å². The van der Waals surface area contributed by atoms with Gasteiger partial charge in [-0.25, -0.2) is 4.98 Å². The molecule has 3 aromatic heterocycles. The van der Waals surface area contributed by atoms with Crippen molar-refractivity contribution in [2.75, 3.05) is 33.6 Å². The van der Waals surface area contributed by atoms with Crippen LogP contribution in [0.15, 0.2) is 48.7 Å². The maximum atomic E-state index is 14.2. The smallest absolute Gasteiger partial charge is 0.419 e. The predicted octanol–water partition coefficient (Wildman–Crippen LogP) is 7.25. The molecule has 0 aliphatic heterocycles. The number of ether oxygens (including phenoxy) is 2. The van der Waals surface area contributed by atoms with E-state index < -0.39 is 17.8 Å². The van der Waals surface area contributed by atoms with Crippen LogP contribution in [0.5, 0.6) is 11.8 Å². The zero-order valence-electron chi connectivity index (χ0n) is 25.3. The van der Waals surface area contributed by atoms with Crippen molar-refractivity contribution in [3.8, 4) is 34.3 Å². The Morgan fingerprint density at radius 1 is 0.933 bits per heavy atom. The Labute approximate surface area is 271 Å². The number of fused-ring (bicyclic) bond motifs is 1. The summed E-state index contributed by atoms with van der Waals surface area (Å²) >= 11 is 7.00. The maximum absolute atomic E-state index is 14.2. The second-order valence-electron chi connectivity index (χ2n) is 10.5. The maximum Gasteiger partial charge on any atom is 0.419 e. The number of rotatable bonds is 10. The molecule has 0 bridgehead atoms. The summed E-state index contributed by atoms with van der Waals surface area (Å²) in [5.74, 6) is 0.369. The molecule has 1 aromatic carbocycles. The van der Waals surface area contributed by atoms with Crippen molar-refractivity contribution in [1.82, 2.24) is 25.6 Å². The fourth-order valence-electron chi connectivity index (χ4n) is 5.69. The van der Waals surface area contributed by atoms with E-state index in [1.54, 1.807) is 26.4 Å². The highest BCUT2D eigenvalue weighted by atomic mass is 35.5. The Morgan fingerprint density at radius 2 is 1.64 bits per heavy atom. The molecule has 5 rings (SSSR count). The average molecular weight is 664 g/mol. The molecule has 0 amide bonds. The van der Waals surface area contributed by atoms with Crippen LogP contribution in [-0.2, 0) is 25.7 Å². The minimum absolute atomic E-state index is 0. The van der Waals surface area contributed by atoms with Gasteiger partial charge in [-0.2, -0.15) is 18.2 Å². The molecule has 0 fully saturated rings. The van der Waals surface area contributed by atoms with E-state index >= 15 is 0 Å². The van der Waals surface area contributed by atoms with Crippen LogP contribution in [0.2, 0.25) is 5.02 Å². The van der Waals surface area contributed by atoms with Crippen LogP contribution < -0.4 is 25.4 Å². The SMILES string of the molecule is CNCc1ccc(-c2ccnc(-c3cccc4c3CCCC4Nc3nc(OC)c(CNC)cc3C(F)(F)F)c2Cl)nc1OC.Cl. The van der Waals surface area contributed by atoms with E-state index in [4.69, 9.17) is 21.1 Å². The van der Waals surface area contributed by atoms with Crippen LogP contribution in [0.3, 0.4) is 0 Å². The molecule has 0 saturated carbocycles. The third-order valence-corrected chi connectivity index (χ3v) is 8.05. The first-order valence-corrected chi connectivity index (χ1v) is 14.6. The minimum Gasteiger partial charge on any atom is -0.481 e. The third kappa shape index (κ3) is 7.12. The summed E-state index contributed by atoms with van der Waals surface area (Å²) in [6.07, 6.45) is -0.826. The molecule has 1 unspecified atom stereocenters. The molecule has 8 nitrogen and oxygen atoms in total. The Bertz CT molecular complexity index is 1650.